The van der Waals surface area contributed by atoms with Crippen molar-refractivity contribution in [3.8, 4) is 0 Å². The van der Waals surface area contributed by atoms with Crippen molar-refractivity contribution in [2.24, 2.45) is 11.3 Å². The van der Waals surface area contributed by atoms with E-state index in [-0.39, 0.29) is 23.7 Å². The lowest BCUT2D eigenvalue weighted by Crippen LogP contribution is -2.43. The molecule has 0 aromatic heterocycles. The summed E-state index contributed by atoms with van der Waals surface area (Å²) in [5, 5.41) is 15.0. The van der Waals surface area contributed by atoms with Gasteiger partial charge in [0, 0.05) is 19.0 Å². The predicted octanol–water partition coefficient (Wildman–Crippen LogP) is 1.38. The molecule has 0 aromatic carbocycles. The van der Waals surface area contributed by atoms with Gasteiger partial charge in [0.05, 0.1) is 6.42 Å². The zero-order valence-electron chi connectivity index (χ0n) is 12.0. The van der Waals surface area contributed by atoms with Crippen molar-refractivity contribution in [2.75, 3.05) is 20.1 Å². The highest BCUT2D eigenvalue weighted by molar-refractivity contribution is 5.78. The van der Waals surface area contributed by atoms with Gasteiger partial charge < -0.3 is 15.7 Å². The molecule has 1 rings (SSSR count). The van der Waals surface area contributed by atoms with Crippen molar-refractivity contribution in [3.05, 3.63) is 0 Å². The first kappa shape index (κ1) is 16.0. The second-order valence-corrected chi connectivity index (χ2v) is 5.81. The number of nitrogens with one attached hydrogen (secondary N) is 2. The molecular formula is C14H26N2O3. The van der Waals surface area contributed by atoms with Crippen molar-refractivity contribution < 1.29 is 14.7 Å². The van der Waals surface area contributed by atoms with Crippen LogP contribution in [0, 0.1) is 11.3 Å². The lowest BCUT2D eigenvalue weighted by molar-refractivity contribution is -0.141. The van der Waals surface area contributed by atoms with Crippen molar-refractivity contribution in [2.45, 2.75) is 45.4 Å². The largest absolute Gasteiger partial charge is 0.481 e. The summed E-state index contributed by atoms with van der Waals surface area (Å²) >= 11 is 0. The smallest absolute Gasteiger partial charge is 0.303 e. The number of carboxylic acids is 1. The molecule has 110 valence electrons. The maximum atomic E-state index is 11.9. The highest BCUT2D eigenvalue weighted by atomic mass is 16.4. The molecule has 1 aliphatic carbocycles. The van der Waals surface area contributed by atoms with E-state index < -0.39 is 5.97 Å². The molecule has 0 spiro atoms. The average Bonchev–Trinajstić information content (AvgIpc) is 2.36. The molecule has 1 saturated carbocycles. The Morgan fingerprint density at radius 1 is 1.26 bits per heavy atom. The normalized spacial score (nSPS) is 19.7. The van der Waals surface area contributed by atoms with Gasteiger partial charge in [-0.2, -0.15) is 0 Å². The maximum Gasteiger partial charge on any atom is 0.303 e. The molecule has 0 aromatic rings. The summed E-state index contributed by atoms with van der Waals surface area (Å²) in [4.78, 5) is 22.9. The number of carbonyl (C=O) groups excluding carboxylic acids is 1. The molecular weight excluding hydrogens is 244 g/mol. The first-order valence-corrected chi connectivity index (χ1v) is 7.13. The third-order valence-corrected chi connectivity index (χ3v) is 4.04. The quantitative estimate of drug-likeness (QED) is 0.653. The van der Waals surface area contributed by atoms with E-state index >= 15 is 0 Å². The highest BCUT2D eigenvalue weighted by Gasteiger charge is 2.34. The Kier molecular flexibility index (Phi) is 6.28. The monoisotopic (exact) mass is 270 g/mol. The molecule has 0 radical (unpaired) electrons. The van der Waals surface area contributed by atoms with Gasteiger partial charge in [-0.1, -0.05) is 26.2 Å². The second kappa shape index (κ2) is 7.48. The van der Waals surface area contributed by atoms with E-state index in [1.807, 2.05) is 14.0 Å². The van der Waals surface area contributed by atoms with Crippen LogP contribution >= 0.6 is 0 Å². The molecule has 5 heteroatoms. The fourth-order valence-electron chi connectivity index (χ4n) is 2.89. The molecule has 0 saturated heterocycles. The summed E-state index contributed by atoms with van der Waals surface area (Å²) < 4.78 is 0. The minimum absolute atomic E-state index is 0.00434. The van der Waals surface area contributed by atoms with Gasteiger partial charge in [-0.3, -0.25) is 9.59 Å². The van der Waals surface area contributed by atoms with Crippen LogP contribution in [0.3, 0.4) is 0 Å². The van der Waals surface area contributed by atoms with Gasteiger partial charge in [0.25, 0.3) is 0 Å². The first-order valence-electron chi connectivity index (χ1n) is 7.13. The van der Waals surface area contributed by atoms with Crippen molar-refractivity contribution in [1.29, 1.82) is 0 Å². The lowest BCUT2D eigenvalue weighted by Gasteiger charge is -2.36. The zero-order chi connectivity index (χ0) is 14.3. The third-order valence-electron chi connectivity index (χ3n) is 4.04. The number of hydrogen-bond acceptors (Lipinski definition) is 3. The van der Waals surface area contributed by atoms with E-state index in [2.05, 4.69) is 10.6 Å². The van der Waals surface area contributed by atoms with Crippen LogP contribution in [-0.4, -0.2) is 37.1 Å². The van der Waals surface area contributed by atoms with Gasteiger partial charge in [0.15, 0.2) is 0 Å². The molecule has 5 nitrogen and oxygen atoms in total. The van der Waals surface area contributed by atoms with Crippen LogP contribution in [-0.2, 0) is 9.59 Å². The number of amides is 1. The van der Waals surface area contributed by atoms with Gasteiger partial charge in [0.2, 0.25) is 5.91 Å². The molecule has 1 unspecified atom stereocenters. The van der Waals surface area contributed by atoms with Crippen LogP contribution in [0.5, 0.6) is 0 Å². The minimum atomic E-state index is -0.764. The van der Waals surface area contributed by atoms with E-state index in [0.717, 1.165) is 25.7 Å². The lowest BCUT2D eigenvalue weighted by atomic mass is 9.71. The van der Waals surface area contributed by atoms with Crippen LogP contribution < -0.4 is 10.6 Å². The Bertz CT molecular complexity index is 312. The predicted molar refractivity (Wildman–Crippen MR) is 73.9 cm³/mol. The van der Waals surface area contributed by atoms with Gasteiger partial charge >= 0.3 is 5.97 Å². The number of carboxylic acid groups (broad SMARTS) is 1. The highest BCUT2D eigenvalue weighted by Crippen LogP contribution is 2.38. The van der Waals surface area contributed by atoms with E-state index in [9.17, 15) is 9.59 Å². The molecule has 0 heterocycles. The fraction of sp³-hybridized carbons (Fsp3) is 0.857. The molecule has 19 heavy (non-hydrogen) atoms. The van der Waals surface area contributed by atoms with Crippen LogP contribution in [0.2, 0.25) is 0 Å². The first-order chi connectivity index (χ1) is 8.99. The van der Waals surface area contributed by atoms with E-state index in [1.165, 1.54) is 6.42 Å². The zero-order valence-corrected chi connectivity index (χ0v) is 12.0. The van der Waals surface area contributed by atoms with Crippen LogP contribution in [0.15, 0.2) is 0 Å². The molecule has 1 amide bonds. The molecule has 1 aliphatic rings. The molecule has 1 atom stereocenters. The standard InChI is InChI=1S/C14H26N2O3/c1-11(9-15-2)13(19)16-10-14(8-12(17)18)6-4-3-5-7-14/h11,15H,3-10H2,1-2H3,(H,16,19)(H,17,18). The number of hydrogen-bond donors (Lipinski definition) is 3. The second-order valence-electron chi connectivity index (χ2n) is 5.81. The maximum absolute atomic E-state index is 11.9. The van der Waals surface area contributed by atoms with Gasteiger partial charge in [-0.05, 0) is 25.3 Å². The number of aliphatic carboxylic acids is 1. The minimum Gasteiger partial charge on any atom is -0.481 e. The van der Waals surface area contributed by atoms with Gasteiger partial charge in [-0.25, -0.2) is 0 Å². The van der Waals surface area contributed by atoms with E-state index in [0.29, 0.717) is 13.1 Å². The topological polar surface area (TPSA) is 78.4 Å². The summed E-state index contributed by atoms with van der Waals surface area (Å²) in [5.41, 5.74) is -0.237. The Labute approximate surface area is 115 Å². The fourth-order valence-corrected chi connectivity index (χ4v) is 2.89. The Morgan fingerprint density at radius 3 is 2.42 bits per heavy atom. The van der Waals surface area contributed by atoms with E-state index in [1.54, 1.807) is 0 Å². The van der Waals surface area contributed by atoms with Crippen molar-refractivity contribution in [1.82, 2.24) is 10.6 Å². The van der Waals surface area contributed by atoms with Crippen LogP contribution in [0.1, 0.15) is 45.4 Å². The summed E-state index contributed by atoms with van der Waals surface area (Å²) in [5.74, 6) is -0.848. The Balaban J connectivity index is 2.53. The summed E-state index contributed by atoms with van der Waals surface area (Å²) in [7, 11) is 1.82. The summed E-state index contributed by atoms with van der Waals surface area (Å²) in [6.07, 6.45) is 5.27. The summed E-state index contributed by atoms with van der Waals surface area (Å²) in [6, 6.07) is 0. The third kappa shape index (κ3) is 5.19. The van der Waals surface area contributed by atoms with Crippen LogP contribution in [0.25, 0.3) is 0 Å². The average molecular weight is 270 g/mol. The number of rotatable bonds is 7. The van der Waals surface area contributed by atoms with Crippen LogP contribution in [0.4, 0.5) is 0 Å². The molecule has 3 N–H and O–H groups in total. The van der Waals surface area contributed by atoms with Gasteiger partial charge in [0.1, 0.15) is 0 Å². The molecule has 1 fully saturated rings. The van der Waals surface area contributed by atoms with E-state index in [4.69, 9.17) is 5.11 Å². The number of carbonyl (C=O) groups is 2. The Hall–Kier alpha value is -1.10. The van der Waals surface area contributed by atoms with Crippen molar-refractivity contribution in [3.63, 3.8) is 0 Å². The Morgan fingerprint density at radius 2 is 1.89 bits per heavy atom. The molecule has 0 aliphatic heterocycles. The van der Waals surface area contributed by atoms with Gasteiger partial charge in [-0.15, -0.1) is 0 Å². The SMILES string of the molecule is CNCC(C)C(=O)NCC1(CC(=O)O)CCCCC1. The summed E-state index contributed by atoms with van der Waals surface area (Å²) in [6.45, 7) is 3.00. The van der Waals surface area contributed by atoms with Crippen molar-refractivity contribution >= 4 is 11.9 Å². The molecule has 0 bridgehead atoms.